The highest BCUT2D eigenvalue weighted by molar-refractivity contribution is 5.89. The van der Waals surface area contributed by atoms with E-state index < -0.39 is 0 Å². The molecule has 2 nitrogen and oxygen atoms in total. The molecule has 1 aromatic rings. The number of esters is 1. The molecule has 0 spiro atoms. The predicted molar refractivity (Wildman–Crippen MR) is 119 cm³/mol. The van der Waals surface area contributed by atoms with Gasteiger partial charge in [-0.15, -0.1) is 0 Å². The van der Waals surface area contributed by atoms with Crippen LogP contribution in [0.4, 0.5) is 0 Å². The Labute approximate surface area is 177 Å². The Morgan fingerprint density at radius 2 is 1.69 bits per heavy atom. The average molecular weight is 397 g/mol. The number of hydrogen-bond donors (Lipinski definition) is 0. The minimum Gasteiger partial charge on any atom is -0.455 e. The summed E-state index contributed by atoms with van der Waals surface area (Å²) in [4.78, 5) is 13.0. The van der Waals surface area contributed by atoms with Crippen molar-refractivity contribution in [1.82, 2.24) is 0 Å². The van der Waals surface area contributed by atoms with Crippen molar-refractivity contribution in [1.29, 1.82) is 0 Å². The van der Waals surface area contributed by atoms with Crippen LogP contribution >= 0.6 is 0 Å². The number of hydrogen-bond acceptors (Lipinski definition) is 2. The number of carbonyl (C=O) groups is 1. The maximum Gasteiger partial charge on any atom is 0.338 e. The molecule has 0 aromatic heterocycles. The molecule has 4 rings (SSSR count). The summed E-state index contributed by atoms with van der Waals surface area (Å²) >= 11 is 0. The van der Waals surface area contributed by atoms with Crippen LogP contribution < -0.4 is 0 Å². The number of carbonyl (C=O) groups excluding carboxylic acids is 1. The molecule has 3 saturated carbocycles. The molecule has 0 unspecified atom stereocenters. The van der Waals surface area contributed by atoms with Crippen LogP contribution in [0, 0.1) is 34.5 Å². The fourth-order valence-corrected chi connectivity index (χ4v) is 7.65. The lowest BCUT2D eigenvalue weighted by molar-refractivity contribution is -0.143. The first kappa shape index (κ1) is 20.9. The third-order valence-electron chi connectivity index (χ3n) is 9.55. The quantitative estimate of drug-likeness (QED) is 0.491. The van der Waals surface area contributed by atoms with Gasteiger partial charge in [-0.3, -0.25) is 0 Å². The van der Waals surface area contributed by atoms with Gasteiger partial charge in [0.2, 0.25) is 0 Å². The zero-order chi connectivity index (χ0) is 20.9. The van der Waals surface area contributed by atoms with Gasteiger partial charge in [0.1, 0.15) is 5.60 Å². The smallest absolute Gasteiger partial charge is 0.338 e. The molecule has 6 atom stereocenters. The molecule has 160 valence electrons. The molecule has 2 heteroatoms. The van der Waals surface area contributed by atoms with Crippen LogP contribution in [-0.4, -0.2) is 11.6 Å². The Bertz CT molecular complexity index is 738. The Morgan fingerprint density at radius 1 is 0.966 bits per heavy atom. The summed E-state index contributed by atoms with van der Waals surface area (Å²) in [6.45, 7) is 12.3. The van der Waals surface area contributed by atoms with Gasteiger partial charge in [0.15, 0.2) is 0 Å². The summed E-state index contributed by atoms with van der Waals surface area (Å²) in [6, 6.07) is 9.55. The van der Waals surface area contributed by atoms with Crippen molar-refractivity contribution in [2.75, 3.05) is 0 Å². The monoisotopic (exact) mass is 396 g/mol. The van der Waals surface area contributed by atoms with Crippen LogP contribution in [0.15, 0.2) is 30.3 Å². The summed E-state index contributed by atoms with van der Waals surface area (Å²) < 4.78 is 6.38. The maximum atomic E-state index is 13.0. The summed E-state index contributed by atoms with van der Waals surface area (Å²) in [5.74, 6) is 2.72. The van der Waals surface area contributed by atoms with Crippen LogP contribution in [0.5, 0.6) is 0 Å². The first-order chi connectivity index (χ1) is 13.7. The molecule has 0 N–H and O–H groups in total. The Balaban J connectivity index is 1.64. The number of fused-ring (bicyclic) bond motifs is 3. The van der Waals surface area contributed by atoms with Gasteiger partial charge >= 0.3 is 5.97 Å². The molecule has 3 aliphatic carbocycles. The molecule has 2 bridgehead atoms. The highest BCUT2D eigenvalue weighted by Gasteiger charge is 2.56. The second-order valence-electron chi connectivity index (χ2n) is 11.6. The van der Waals surface area contributed by atoms with E-state index in [1.165, 1.54) is 44.9 Å². The van der Waals surface area contributed by atoms with E-state index in [4.69, 9.17) is 4.74 Å². The molecule has 0 amide bonds. The van der Waals surface area contributed by atoms with E-state index in [2.05, 4.69) is 34.6 Å². The lowest BCUT2D eigenvalue weighted by Crippen LogP contribution is -2.55. The zero-order valence-corrected chi connectivity index (χ0v) is 19.2. The molecule has 0 aliphatic heterocycles. The number of rotatable bonds is 2. The molecule has 3 fully saturated rings. The van der Waals surface area contributed by atoms with E-state index in [-0.39, 0.29) is 17.0 Å². The first-order valence-corrected chi connectivity index (χ1v) is 11.9. The Hall–Kier alpha value is -1.31. The van der Waals surface area contributed by atoms with E-state index in [1.54, 1.807) is 0 Å². The Morgan fingerprint density at radius 3 is 2.41 bits per heavy atom. The lowest BCUT2D eigenvalue weighted by atomic mass is 9.48. The summed E-state index contributed by atoms with van der Waals surface area (Å²) in [7, 11) is 0. The van der Waals surface area contributed by atoms with Gasteiger partial charge in [-0.05, 0) is 92.6 Å². The van der Waals surface area contributed by atoms with Gasteiger partial charge in [0.05, 0.1) is 5.56 Å². The van der Waals surface area contributed by atoms with Crippen molar-refractivity contribution in [2.24, 2.45) is 34.5 Å². The summed E-state index contributed by atoms with van der Waals surface area (Å²) in [5, 5.41) is 0. The van der Waals surface area contributed by atoms with Crippen molar-refractivity contribution in [3.8, 4) is 0 Å². The van der Waals surface area contributed by atoms with E-state index in [1.807, 2.05) is 30.3 Å². The van der Waals surface area contributed by atoms with Gasteiger partial charge in [-0.1, -0.05) is 52.3 Å². The van der Waals surface area contributed by atoms with Crippen LogP contribution in [-0.2, 0) is 4.74 Å². The van der Waals surface area contributed by atoms with Crippen molar-refractivity contribution in [3.05, 3.63) is 35.9 Å². The highest BCUT2D eigenvalue weighted by Crippen LogP contribution is 2.61. The first-order valence-electron chi connectivity index (χ1n) is 11.9. The van der Waals surface area contributed by atoms with Gasteiger partial charge in [-0.25, -0.2) is 4.79 Å². The fourth-order valence-electron chi connectivity index (χ4n) is 7.65. The van der Waals surface area contributed by atoms with Gasteiger partial charge in [0, 0.05) is 5.92 Å². The average Bonchev–Trinajstić information content (AvgIpc) is 2.66. The molecule has 0 heterocycles. The van der Waals surface area contributed by atoms with E-state index in [0.29, 0.717) is 16.9 Å². The number of benzene rings is 1. The third-order valence-corrected chi connectivity index (χ3v) is 9.55. The van der Waals surface area contributed by atoms with Crippen LogP contribution in [0.25, 0.3) is 0 Å². The minimum atomic E-state index is -0.355. The molecule has 1 aromatic carbocycles. The maximum absolute atomic E-state index is 13.0. The zero-order valence-electron chi connectivity index (χ0n) is 19.2. The molecule has 3 aliphatic rings. The van der Waals surface area contributed by atoms with Crippen molar-refractivity contribution < 1.29 is 9.53 Å². The van der Waals surface area contributed by atoms with Crippen LogP contribution in [0.2, 0.25) is 0 Å². The van der Waals surface area contributed by atoms with Crippen molar-refractivity contribution >= 4 is 5.97 Å². The van der Waals surface area contributed by atoms with Gasteiger partial charge in [-0.2, -0.15) is 0 Å². The van der Waals surface area contributed by atoms with E-state index >= 15 is 0 Å². The van der Waals surface area contributed by atoms with Crippen LogP contribution in [0.1, 0.15) is 96.3 Å². The minimum absolute atomic E-state index is 0.145. The van der Waals surface area contributed by atoms with E-state index in [9.17, 15) is 4.79 Å². The van der Waals surface area contributed by atoms with Gasteiger partial charge in [0.25, 0.3) is 0 Å². The summed E-state index contributed by atoms with van der Waals surface area (Å²) in [6.07, 6.45) is 9.97. The SMILES string of the molecule is C[C@@H]1CC[C@H]2C[C@H]3[C@@](C)(CCC[C@]3(C)OC(=O)c3ccccc3)CC[C@@H]1C2(C)C. The fraction of sp³-hybridized carbons (Fsp3) is 0.741. The van der Waals surface area contributed by atoms with E-state index in [0.717, 1.165) is 24.2 Å². The summed E-state index contributed by atoms with van der Waals surface area (Å²) in [5.41, 5.74) is 1.000. The Kier molecular flexibility index (Phi) is 5.37. The lowest BCUT2D eigenvalue weighted by Gasteiger charge is -2.59. The van der Waals surface area contributed by atoms with Crippen LogP contribution in [0.3, 0.4) is 0 Å². The second-order valence-corrected chi connectivity index (χ2v) is 11.6. The second kappa shape index (κ2) is 7.43. The molecule has 29 heavy (non-hydrogen) atoms. The van der Waals surface area contributed by atoms with Crippen molar-refractivity contribution in [2.45, 2.75) is 91.6 Å². The standard InChI is InChI=1S/C27H40O2/c1-19-12-13-21-18-23-26(4,17-14-22(19)25(21,2)3)15-9-16-27(23,5)29-24(28)20-10-7-6-8-11-20/h6-8,10-11,19,21-23H,9,12-18H2,1-5H3/t19-,21+,22+,23+,26+,27+/m1/s1. The highest BCUT2D eigenvalue weighted by atomic mass is 16.6. The molecule has 0 saturated heterocycles. The normalized spacial score (nSPS) is 41.6. The largest absolute Gasteiger partial charge is 0.455 e. The number of ether oxygens (including phenoxy) is 1. The third kappa shape index (κ3) is 3.66. The molecular formula is C27H40O2. The molecular weight excluding hydrogens is 356 g/mol. The predicted octanol–water partition coefficient (Wildman–Crippen LogP) is 7.28. The topological polar surface area (TPSA) is 26.3 Å². The van der Waals surface area contributed by atoms with Crippen molar-refractivity contribution in [3.63, 3.8) is 0 Å². The molecule has 0 radical (unpaired) electrons. The van der Waals surface area contributed by atoms with Gasteiger partial charge < -0.3 is 4.74 Å².